The minimum absolute atomic E-state index is 0.659. The Kier molecular flexibility index (Phi) is 3.52. The molecule has 4 unspecified atom stereocenters. The van der Waals surface area contributed by atoms with E-state index in [1.54, 1.807) is 0 Å². The smallest absolute Gasteiger partial charge is 0.0208 e. The van der Waals surface area contributed by atoms with Gasteiger partial charge in [0.15, 0.2) is 0 Å². The lowest BCUT2D eigenvalue weighted by Crippen LogP contribution is -2.39. The van der Waals surface area contributed by atoms with Gasteiger partial charge in [0, 0.05) is 18.5 Å². The van der Waals surface area contributed by atoms with Crippen LogP contribution in [0.15, 0.2) is 60.7 Å². The van der Waals surface area contributed by atoms with Crippen molar-refractivity contribution in [1.29, 1.82) is 0 Å². The number of fused-ring (bicyclic) bond motifs is 2. The van der Waals surface area contributed by atoms with Gasteiger partial charge in [-0.1, -0.05) is 60.7 Å². The van der Waals surface area contributed by atoms with Gasteiger partial charge < -0.3 is 5.32 Å². The first kappa shape index (κ1) is 13.1. The summed E-state index contributed by atoms with van der Waals surface area (Å²) >= 11 is 0. The summed E-state index contributed by atoms with van der Waals surface area (Å²) in [5.74, 6) is 2.49. The fourth-order valence-electron chi connectivity index (χ4n) is 4.57. The molecule has 0 aromatic heterocycles. The fraction of sp³-hybridized carbons (Fsp3) is 0.400. The molecule has 1 N–H and O–H groups in total. The van der Waals surface area contributed by atoms with Crippen LogP contribution in [0.25, 0.3) is 0 Å². The minimum atomic E-state index is 0.659. The summed E-state index contributed by atoms with van der Waals surface area (Å²) in [4.78, 5) is 0. The van der Waals surface area contributed by atoms with E-state index in [1.165, 1.54) is 30.4 Å². The molecule has 0 aliphatic heterocycles. The summed E-state index contributed by atoms with van der Waals surface area (Å²) in [6.45, 7) is 0.998. The number of hydrogen-bond donors (Lipinski definition) is 1. The van der Waals surface area contributed by atoms with E-state index in [9.17, 15) is 0 Å². The van der Waals surface area contributed by atoms with Gasteiger partial charge in [-0.25, -0.2) is 0 Å². The van der Waals surface area contributed by atoms with E-state index in [1.807, 2.05) is 0 Å². The van der Waals surface area contributed by atoms with Crippen LogP contribution in [0.5, 0.6) is 0 Å². The third-order valence-corrected chi connectivity index (χ3v) is 5.49. The van der Waals surface area contributed by atoms with Gasteiger partial charge in [0.05, 0.1) is 0 Å². The van der Waals surface area contributed by atoms with Crippen molar-refractivity contribution in [3.05, 3.63) is 71.8 Å². The number of hydrogen-bond acceptors (Lipinski definition) is 1. The Hall–Kier alpha value is -1.60. The average Bonchev–Trinajstić information content (AvgIpc) is 3.16. The van der Waals surface area contributed by atoms with Crippen molar-refractivity contribution in [3.8, 4) is 0 Å². The number of rotatable bonds is 4. The molecule has 0 spiro atoms. The topological polar surface area (TPSA) is 12.0 Å². The van der Waals surface area contributed by atoms with Crippen molar-refractivity contribution in [2.45, 2.75) is 37.8 Å². The maximum absolute atomic E-state index is 3.88. The minimum Gasteiger partial charge on any atom is -0.309 e. The number of benzene rings is 2. The predicted octanol–water partition coefficient (Wildman–Crippen LogP) is 4.36. The van der Waals surface area contributed by atoms with E-state index in [0.717, 1.165) is 18.4 Å². The second kappa shape index (κ2) is 5.65. The highest BCUT2D eigenvalue weighted by molar-refractivity contribution is 5.26. The quantitative estimate of drug-likeness (QED) is 0.875. The maximum atomic E-state index is 3.88. The Morgan fingerprint density at radius 1 is 0.810 bits per heavy atom. The molecule has 1 heteroatoms. The van der Waals surface area contributed by atoms with Gasteiger partial charge >= 0.3 is 0 Å². The van der Waals surface area contributed by atoms with Crippen LogP contribution in [0.3, 0.4) is 0 Å². The van der Waals surface area contributed by atoms with Gasteiger partial charge in [0.2, 0.25) is 0 Å². The summed E-state index contributed by atoms with van der Waals surface area (Å²) in [6.07, 6.45) is 4.26. The van der Waals surface area contributed by atoms with Crippen LogP contribution in [0, 0.1) is 11.8 Å². The molecule has 2 saturated carbocycles. The monoisotopic (exact) mass is 277 g/mol. The van der Waals surface area contributed by atoms with Gasteiger partial charge in [0.25, 0.3) is 0 Å². The maximum Gasteiger partial charge on any atom is 0.0208 e. The van der Waals surface area contributed by atoms with Crippen LogP contribution in [0.4, 0.5) is 0 Å². The molecule has 0 heterocycles. The average molecular weight is 277 g/mol. The second-order valence-corrected chi connectivity index (χ2v) is 6.66. The number of nitrogens with one attached hydrogen (secondary N) is 1. The highest BCUT2D eigenvalue weighted by Crippen LogP contribution is 2.53. The fourth-order valence-corrected chi connectivity index (χ4v) is 4.57. The third-order valence-electron chi connectivity index (χ3n) is 5.49. The van der Waals surface area contributed by atoms with Crippen LogP contribution >= 0.6 is 0 Å². The first-order valence-corrected chi connectivity index (χ1v) is 8.24. The molecule has 2 aromatic carbocycles. The molecule has 2 aliphatic carbocycles. The Morgan fingerprint density at radius 3 is 2.24 bits per heavy atom. The molecule has 108 valence electrons. The van der Waals surface area contributed by atoms with Crippen molar-refractivity contribution in [3.63, 3.8) is 0 Å². The van der Waals surface area contributed by atoms with Crippen molar-refractivity contribution < 1.29 is 0 Å². The molecule has 1 nitrogen and oxygen atoms in total. The lowest BCUT2D eigenvalue weighted by atomic mass is 9.79. The first-order valence-electron chi connectivity index (χ1n) is 8.24. The first-order chi connectivity index (χ1) is 10.4. The Bertz CT molecular complexity index is 577. The van der Waals surface area contributed by atoms with Gasteiger partial charge in [-0.3, -0.25) is 0 Å². The normalized spacial score (nSPS) is 30.7. The van der Waals surface area contributed by atoms with Gasteiger partial charge in [-0.15, -0.1) is 0 Å². The lowest BCUT2D eigenvalue weighted by molar-refractivity contribution is 0.309. The van der Waals surface area contributed by atoms with E-state index in [2.05, 4.69) is 66.0 Å². The Balaban J connectivity index is 1.52. The summed E-state index contributed by atoms with van der Waals surface area (Å²) in [7, 11) is 0. The lowest BCUT2D eigenvalue weighted by Gasteiger charge is -2.32. The SMILES string of the molecule is c1ccc(CNC2C3CCC(C3)C2c2ccccc2)cc1. The van der Waals surface area contributed by atoms with Crippen LogP contribution in [0.2, 0.25) is 0 Å². The molecular formula is C20H23N. The molecule has 4 rings (SSSR count). The standard InChI is InChI=1S/C20H23N/c1-3-7-15(8-4-1)14-21-20-18-12-11-17(13-18)19(20)16-9-5-2-6-10-16/h1-10,17-21H,11-14H2. The molecule has 0 saturated heterocycles. The summed E-state index contributed by atoms with van der Waals surface area (Å²) in [5, 5.41) is 3.88. The molecule has 0 radical (unpaired) electrons. The summed E-state index contributed by atoms with van der Waals surface area (Å²) in [6, 6.07) is 22.6. The molecular weight excluding hydrogens is 254 g/mol. The molecule has 2 aliphatic rings. The van der Waals surface area contributed by atoms with E-state index < -0.39 is 0 Å². The third kappa shape index (κ3) is 2.51. The zero-order valence-corrected chi connectivity index (χ0v) is 12.4. The molecule has 2 aromatic rings. The van der Waals surface area contributed by atoms with Crippen molar-refractivity contribution in [2.75, 3.05) is 0 Å². The van der Waals surface area contributed by atoms with Gasteiger partial charge in [0.1, 0.15) is 0 Å². The molecule has 2 fully saturated rings. The van der Waals surface area contributed by atoms with E-state index in [-0.39, 0.29) is 0 Å². The molecule has 21 heavy (non-hydrogen) atoms. The molecule has 2 bridgehead atoms. The van der Waals surface area contributed by atoms with Crippen LogP contribution in [-0.2, 0) is 6.54 Å². The largest absolute Gasteiger partial charge is 0.309 e. The van der Waals surface area contributed by atoms with Crippen LogP contribution in [-0.4, -0.2) is 6.04 Å². The van der Waals surface area contributed by atoms with Crippen LogP contribution < -0.4 is 5.32 Å². The van der Waals surface area contributed by atoms with Crippen molar-refractivity contribution in [1.82, 2.24) is 5.32 Å². The highest BCUT2D eigenvalue weighted by atomic mass is 14.9. The predicted molar refractivity (Wildman–Crippen MR) is 87.1 cm³/mol. The van der Waals surface area contributed by atoms with Gasteiger partial charge in [-0.05, 0) is 42.2 Å². The van der Waals surface area contributed by atoms with Crippen LogP contribution in [0.1, 0.15) is 36.3 Å². The Labute approximate surface area is 127 Å². The van der Waals surface area contributed by atoms with E-state index in [0.29, 0.717) is 12.0 Å². The summed E-state index contributed by atoms with van der Waals surface area (Å²) in [5.41, 5.74) is 2.93. The second-order valence-electron chi connectivity index (χ2n) is 6.66. The van der Waals surface area contributed by atoms with E-state index in [4.69, 9.17) is 0 Å². The van der Waals surface area contributed by atoms with E-state index >= 15 is 0 Å². The molecule has 4 atom stereocenters. The van der Waals surface area contributed by atoms with Gasteiger partial charge in [-0.2, -0.15) is 0 Å². The van der Waals surface area contributed by atoms with Crippen molar-refractivity contribution >= 4 is 0 Å². The molecule has 0 amide bonds. The summed E-state index contributed by atoms with van der Waals surface area (Å²) < 4.78 is 0. The zero-order valence-electron chi connectivity index (χ0n) is 12.4. The highest BCUT2D eigenvalue weighted by Gasteiger charge is 2.47. The Morgan fingerprint density at radius 2 is 1.48 bits per heavy atom. The zero-order chi connectivity index (χ0) is 14.1. The van der Waals surface area contributed by atoms with Crippen molar-refractivity contribution in [2.24, 2.45) is 11.8 Å².